The topological polar surface area (TPSA) is 77.0 Å². The number of amides is 2. The minimum atomic E-state index is -0.00768. The highest BCUT2D eigenvalue weighted by atomic mass is 16.2. The number of benzene rings is 2. The molecule has 0 radical (unpaired) electrons. The molecule has 1 aliphatic heterocycles. The minimum absolute atomic E-state index is 0.00273. The van der Waals surface area contributed by atoms with Gasteiger partial charge in [0.05, 0.1) is 0 Å². The molecule has 0 saturated heterocycles. The molecule has 2 N–H and O–H groups in total. The number of carbonyl (C=O) groups is 2. The summed E-state index contributed by atoms with van der Waals surface area (Å²) in [5, 5.41) is 6.46. The van der Waals surface area contributed by atoms with E-state index in [0.717, 1.165) is 24.1 Å². The van der Waals surface area contributed by atoms with Gasteiger partial charge in [0.15, 0.2) is 5.96 Å². The molecule has 0 unspecified atom stereocenters. The zero-order valence-corrected chi connectivity index (χ0v) is 18.5. The zero-order chi connectivity index (χ0) is 22.2. The molecule has 0 aromatic heterocycles. The Morgan fingerprint density at radius 3 is 2.68 bits per heavy atom. The van der Waals surface area contributed by atoms with Gasteiger partial charge in [0.25, 0.3) is 5.91 Å². The van der Waals surface area contributed by atoms with E-state index in [0.29, 0.717) is 31.2 Å². The summed E-state index contributed by atoms with van der Waals surface area (Å²) >= 11 is 0. The molecule has 2 amide bonds. The first-order valence-electron chi connectivity index (χ1n) is 10.7. The maximum Gasteiger partial charge on any atom is 0.253 e. The molecule has 0 spiro atoms. The Labute approximate surface area is 184 Å². The van der Waals surface area contributed by atoms with Crippen molar-refractivity contribution in [3.05, 3.63) is 65.2 Å². The number of carbonyl (C=O) groups excluding carboxylic acids is 2. The number of aliphatic imine (C=N–C) groups is 1. The molecule has 0 aliphatic carbocycles. The lowest BCUT2D eigenvalue weighted by Gasteiger charge is -2.17. The van der Waals surface area contributed by atoms with Gasteiger partial charge in [-0.1, -0.05) is 30.3 Å². The molecule has 0 saturated carbocycles. The van der Waals surface area contributed by atoms with E-state index in [9.17, 15) is 9.59 Å². The summed E-state index contributed by atoms with van der Waals surface area (Å²) < 4.78 is 0. The molecular formula is C24H31N5O2. The first kappa shape index (κ1) is 22.3. The Hall–Kier alpha value is -3.35. The lowest BCUT2D eigenvalue weighted by Crippen LogP contribution is -2.40. The van der Waals surface area contributed by atoms with Crippen molar-refractivity contribution < 1.29 is 9.59 Å². The standard InChI is InChI=1S/C24H31N5O2/c1-4-25-24(26-14-12-18-8-7-10-20(16-18)23(31)28(2)3)27-17-22(30)29-15-13-19-9-5-6-11-21(19)29/h5-11,16H,4,12-15,17H2,1-3H3,(H2,25,26,27). The lowest BCUT2D eigenvalue weighted by molar-refractivity contribution is -0.117. The number of nitrogens with zero attached hydrogens (tertiary/aromatic N) is 3. The molecule has 3 rings (SSSR count). The summed E-state index contributed by atoms with van der Waals surface area (Å²) in [6.45, 7) is 4.15. The second kappa shape index (κ2) is 10.6. The molecule has 7 heteroatoms. The molecule has 7 nitrogen and oxygen atoms in total. The fraction of sp³-hybridized carbons (Fsp3) is 0.375. The monoisotopic (exact) mass is 421 g/mol. The Kier molecular flexibility index (Phi) is 7.65. The SMILES string of the molecule is CCNC(=NCC(=O)N1CCc2ccccc21)NCCc1cccc(C(=O)N(C)C)c1. The van der Waals surface area contributed by atoms with Gasteiger partial charge in [-0.05, 0) is 49.1 Å². The van der Waals surface area contributed by atoms with Crippen LogP contribution < -0.4 is 15.5 Å². The maximum atomic E-state index is 12.7. The van der Waals surface area contributed by atoms with Crippen molar-refractivity contribution in [2.24, 2.45) is 4.99 Å². The van der Waals surface area contributed by atoms with Gasteiger partial charge in [0.2, 0.25) is 5.91 Å². The van der Waals surface area contributed by atoms with Crippen LogP contribution in [0, 0.1) is 0 Å². The lowest BCUT2D eigenvalue weighted by atomic mass is 10.1. The summed E-state index contributed by atoms with van der Waals surface area (Å²) in [6.07, 6.45) is 1.63. The van der Waals surface area contributed by atoms with Crippen molar-refractivity contribution in [3.8, 4) is 0 Å². The van der Waals surface area contributed by atoms with Crippen LogP contribution in [-0.2, 0) is 17.6 Å². The number of fused-ring (bicyclic) bond motifs is 1. The Morgan fingerprint density at radius 1 is 1.10 bits per heavy atom. The maximum absolute atomic E-state index is 12.7. The van der Waals surface area contributed by atoms with Gasteiger partial charge in [0, 0.05) is 45.0 Å². The van der Waals surface area contributed by atoms with Crippen LogP contribution in [0.15, 0.2) is 53.5 Å². The average molecular weight is 422 g/mol. The van der Waals surface area contributed by atoms with Gasteiger partial charge < -0.3 is 20.4 Å². The average Bonchev–Trinajstić information content (AvgIpc) is 3.21. The number of rotatable bonds is 7. The fourth-order valence-electron chi connectivity index (χ4n) is 3.61. The summed E-state index contributed by atoms with van der Waals surface area (Å²) in [5.74, 6) is 0.604. The predicted octanol–water partition coefficient (Wildman–Crippen LogP) is 2.08. The van der Waals surface area contributed by atoms with Crippen LogP contribution in [0.1, 0.15) is 28.4 Å². The van der Waals surface area contributed by atoms with Crippen molar-refractivity contribution >= 4 is 23.5 Å². The Bertz CT molecular complexity index is 954. The normalized spacial score (nSPS) is 13.0. The molecule has 1 heterocycles. The van der Waals surface area contributed by atoms with Gasteiger partial charge >= 0.3 is 0 Å². The van der Waals surface area contributed by atoms with E-state index in [-0.39, 0.29) is 18.4 Å². The first-order valence-corrected chi connectivity index (χ1v) is 10.7. The largest absolute Gasteiger partial charge is 0.357 e. The van der Waals surface area contributed by atoms with E-state index in [1.54, 1.807) is 19.0 Å². The predicted molar refractivity (Wildman–Crippen MR) is 125 cm³/mol. The van der Waals surface area contributed by atoms with Crippen molar-refractivity contribution in [2.45, 2.75) is 19.8 Å². The van der Waals surface area contributed by atoms with Crippen LogP contribution in [0.25, 0.3) is 0 Å². The number of hydrogen-bond acceptors (Lipinski definition) is 3. The quantitative estimate of drug-likeness (QED) is 0.530. The fourth-order valence-corrected chi connectivity index (χ4v) is 3.61. The van der Waals surface area contributed by atoms with E-state index in [1.165, 1.54) is 5.56 Å². The number of guanidine groups is 1. The second-order valence-corrected chi connectivity index (χ2v) is 7.70. The van der Waals surface area contributed by atoms with Crippen molar-refractivity contribution in [3.63, 3.8) is 0 Å². The molecule has 1 aliphatic rings. The smallest absolute Gasteiger partial charge is 0.253 e. The molecule has 31 heavy (non-hydrogen) atoms. The molecule has 0 fully saturated rings. The van der Waals surface area contributed by atoms with Crippen LogP contribution in [-0.4, -0.2) is 62.9 Å². The number of nitrogens with one attached hydrogen (secondary N) is 2. The number of anilines is 1. The Morgan fingerprint density at radius 2 is 1.90 bits per heavy atom. The molecule has 0 bridgehead atoms. The zero-order valence-electron chi connectivity index (χ0n) is 18.5. The third kappa shape index (κ3) is 5.84. The van der Waals surface area contributed by atoms with Crippen molar-refractivity contribution in [2.75, 3.05) is 45.2 Å². The second-order valence-electron chi connectivity index (χ2n) is 7.70. The van der Waals surface area contributed by atoms with Gasteiger partial charge in [0.1, 0.15) is 6.54 Å². The van der Waals surface area contributed by atoms with E-state index in [4.69, 9.17) is 0 Å². The molecular weight excluding hydrogens is 390 g/mol. The van der Waals surface area contributed by atoms with E-state index in [2.05, 4.69) is 21.7 Å². The molecule has 2 aromatic rings. The highest BCUT2D eigenvalue weighted by Gasteiger charge is 2.23. The number of para-hydroxylation sites is 1. The third-order valence-corrected chi connectivity index (χ3v) is 5.19. The van der Waals surface area contributed by atoms with E-state index in [1.807, 2.05) is 54.3 Å². The summed E-state index contributed by atoms with van der Waals surface area (Å²) in [4.78, 5) is 32.7. The minimum Gasteiger partial charge on any atom is -0.357 e. The number of hydrogen-bond donors (Lipinski definition) is 2. The third-order valence-electron chi connectivity index (χ3n) is 5.19. The van der Waals surface area contributed by atoms with Gasteiger partial charge in [-0.25, -0.2) is 4.99 Å². The van der Waals surface area contributed by atoms with Crippen molar-refractivity contribution in [1.29, 1.82) is 0 Å². The highest BCUT2D eigenvalue weighted by Crippen LogP contribution is 2.27. The van der Waals surface area contributed by atoms with Gasteiger partial charge in [-0.15, -0.1) is 0 Å². The van der Waals surface area contributed by atoms with Crippen LogP contribution in [0.3, 0.4) is 0 Å². The summed E-state index contributed by atoms with van der Waals surface area (Å²) in [5.41, 5.74) is 3.95. The van der Waals surface area contributed by atoms with Gasteiger partial charge in [-0.3, -0.25) is 9.59 Å². The van der Waals surface area contributed by atoms with E-state index < -0.39 is 0 Å². The van der Waals surface area contributed by atoms with Crippen LogP contribution in [0.2, 0.25) is 0 Å². The molecule has 164 valence electrons. The summed E-state index contributed by atoms with van der Waals surface area (Å²) in [7, 11) is 3.50. The molecule has 0 atom stereocenters. The van der Waals surface area contributed by atoms with Gasteiger partial charge in [-0.2, -0.15) is 0 Å². The van der Waals surface area contributed by atoms with E-state index >= 15 is 0 Å². The highest BCUT2D eigenvalue weighted by molar-refractivity contribution is 5.98. The van der Waals surface area contributed by atoms with Crippen LogP contribution >= 0.6 is 0 Å². The first-order chi connectivity index (χ1) is 15.0. The Balaban J connectivity index is 1.55. The van der Waals surface area contributed by atoms with Crippen molar-refractivity contribution in [1.82, 2.24) is 15.5 Å². The molecule has 2 aromatic carbocycles. The van der Waals surface area contributed by atoms with Crippen LogP contribution in [0.4, 0.5) is 5.69 Å². The summed E-state index contributed by atoms with van der Waals surface area (Å²) in [6, 6.07) is 15.7. The van der Waals surface area contributed by atoms with Crippen LogP contribution in [0.5, 0.6) is 0 Å².